The molecule has 0 bridgehead atoms. The van der Waals surface area contributed by atoms with E-state index in [2.05, 4.69) is 35.4 Å². The number of rotatable bonds is 8. The zero-order valence-electron chi connectivity index (χ0n) is 21.1. The fourth-order valence-electron chi connectivity index (χ4n) is 4.93. The second-order valence-electron chi connectivity index (χ2n) is 9.96. The first-order valence-corrected chi connectivity index (χ1v) is 14.7. The molecule has 1 aromatic carbocycles. The summed E-state index contributed by atoms with van der Waals surface area (Å²) in [5, 5.41) is 16.6. The Morgan fingerprint density at radius 1 is 1.15 bits per heavy atom. The number of thiazole rings is 1. The Kier molecular flexibility index (Phi) is 6.80. The molecule has 4 aromatic rings. The van der Waals surface area contributed by atoms with Crippen molar-refractivity contribution in [1.29, 1.82) is 0 Å². The highest BCUT2D eigenvalue weighted by Gasteiger charge is 2.31. The van der Waals surface area contributed by atoms with Crippen molar-refractivity contribution in [2.24, 2.45) is 0 Å². The SMILES string of the molecule is O=C(CN1CCN(C2CC2)CC1)Nc1nc2c(Sc3nnc4ccc(OC5CCOC5)nn34)c(F)ccc2s1. The number of anilines is 1. The third-order valence-corrected chi connectivity index (χ3v) is 9.09. The van der Waals surface area contributed by atoms with Crippen LogP contribution in [0.1, 0.15) is 19.3 Å². The first-order valence-electron chi connectivity index (χ1n) is 13.1. The Balaban J connectivity index is 1.07. The van der Waals surface area contributed by atoms with Crippen LogP contribution in [0, 0.1) is 5.82 Å². The summed E-state index contributed by atoms with van der Waals surface area (Å²) in [4.78, 5) is 22.3. The maximum Gasteiger partial charge on any atom is 0.240 e. The van der Waals surface area contributed by atoms with E-state index in [-0.39, 0.29) is 12.0 Å². The number of nitrogens with one attached hydrogen (secondary N) is 1. The van der Waals surface area contributed by atoms with Gasteiger partial charge in [-0.05, 0) is 42.8 Å². The van der Waals surface area contributed by atoms with Crippen LogP contribution >= 0.6 is 23.1 Å². The Labute approximate surface area is 231 Å². The van der Waals surface area contributed by atoms with Crippen molar-refractivity contribution in [2.75, 3.05) is 51.3 Å². The molecule has 204 valence electrons. The maximum atomic E-state index is 15.1. The summed E-state index contributed by atoms with van der Waals surface area (Å²) in [5.41, 5.74) is 0.981. The highest BCUT2D eigenvalue weighted by atomic mass is 32.2. The Morgan fingerprint density at radius 2 is 2.03 bits per heavy atom. The van der Waals surface area contributed by atoms with Gasteiger partial charge >= 0.3 is 0 Å². The third-order valence-electron chi connectivity index (χ3n) is 7.13. The van der Waals surface area contributed by atoms with E-state index in [1.165, 1.54) is 34.8 Å². The molecule has 1 atom stereocenters. The number of aromatic nitrogens is 5. The molecular formula is C25H27FN8O3S2. The number of halogens is 1. The van der Waals surface area contributed by atoms with Crippen molar-refractivity contribution < 1.29 is 18.7 Å². The van der Waals surface area contributed by atoms with Gasteiger partial charge in [-0.2, -0.15) is 4.52 Å². The largest absolute Gasteiger partial charge is 0.471 e. The van der Waals surface area contributed by atoms with E-state index in [0.29, 0.717) is 52.0 Å². The van der Waals surface area contributed by atoms with Crippen LogP contribution in [-0.4, -0.2) is 98.6 Å². The maximum absolute atomic E-state index is 15.1. The molecule has 0 radical (unpaired) electrons. The fourth-order valence-corrected chi connectivity index (χ4v) is 6.79. The van der Waals surface area contributed by atoms with Crippen molar-refractivity contribution in [3.8, 4) is 5.88 Å². The summed E-state index contributed by atoms with van der Waals surface area (Å²) in [6, 6.07) is 7.33. The summed E-state index contributed by atoms with van der Waals surface area (Å²) in [5.74, 6) is -0.126. The van der Waals surface area contributed by atoms with Gasteiger partial charge in [0.15, 0.2) is 10.8 Å². The molecule has 2 saturated heterocycles. The van der Waals surface area contributed by atoms with Crippen molar-refractivity contribution in [3.63, 3.8) is 0 Å². The minimum Gasteiger partial charge on any atom is -0.471 e. The Morgan fingerprint density at radius 3 is 2.82 bits per heavy atom. The van der Waals surface area contributed by atoms with Crippen LogP contribution in [-0.2, 0) is 9.53 Å². The van der Waals surface area contributed by atoms with Gasteiger partial charge in [-0.3, -0.25) is 14.6 Å². The van der Waals surface area contributed by atoms with E-state index in [9.17, 15) is 4.79 Å². The highest BCUT2D eigenvalue weighted by molar-refractivity contribution is 7.99. The smallest absolute Gasteiger partial charge is 0.240 e. The van der Waals surface area contributed by atoms with Crippen LogP contribution in [0.5, 0.6) is 5.88 Å². The van der Waals surface area contributed by atoms with Gasteiger partial charge in [-0.15, -0.1) is 15.3 Å². The van der Waals surface area contributed by atoms with E-state index in [0.717, 1.165) is 55.1 Å². The summed E-state index contributed by atoms with van der Waals surface area (Å²) < 4.78 is 28.6. The third kappa shape index (κ3) is 5.43. The molecule has 0 spiro atoms. The summed E-state index contributed by atoms with van der Waals surface area (Å²) in [6.45, 7) is 5.29. The lowest BCUT2D eigenvalue weighted by Crippen LogP contribution is -2.49. The van der Waals surface area contributed by atoms with Gasteiger partial charge in [-0.1, -0.05) is 11.3 Å². The molecule has 3 aromatic heterocycles. The fraction of sp³-hybridized carbons (Fsp3) is 0.480. The lowest BCUT2D eigenvalue weighted by molar-refractivity contribution is -0.117. The van der Waals surface area contributed by atoms with Gasteiger partial charge in [0.2, 0.25) is 16.9 Å². The second kappa shape index (κ2) is 10.6. The van der Waals surface area contributed by atoms with E-state index in [1.54, 1.807) is 18.2 Å². The van der Waals surface area contributed by atoms with E-state index in [4.69, 9.17) is 9.47 Å². The summed E-state index contributed by atoms with van der Waals surface area (Å²) in [7, 11) is 0. The second-order valence-corrected chi connectivity index (χ2v) is 12.0. The standard InChI is InChI=1S/C25H27FN8O3S2/c26-17-3-4-18-22(28-24(38-18)27-20(35)13-32-8-10-33(11-9-32)15-1-2-15)23(17)39-25-30-29-19-5-6-21(31-34(19)25)37-16-7-12-36-14-16/h3-6,15-16H,1-2,7-14H2,(H,27,28,35). The van der Waals surface area contributed by atoms with Gasteiger partial charge in [0.1, 0.15) is 17.4 Å². The first-order chi connectivity index (χ1) is 19.1. The van der Waals surface area contributed by atoms with Gasteiger partial charge in [-0.25, -0.2) is 9.37 Å². The number of carbonyl (C=O) groups excluding carboxylic acids is 1. The number of carbonyl (C=O) groups is 1. The number of nitrogens with zero attached hydrogens (tertiary/aromatic N) is 7. The van der Waals surface area contributed by atoms with Gasteiger partial charge in [0.05, 0.1) is 29.4 Å². The van der Waals surface area contributed by atoms with Crippen LogP contribution < -0.4 is 10.1 Å². The first kappa shape index (κ1) is 25.1. The molecule has 7 rings (SSSR count). The number of fused-ring (bicyclic) bond motifs is 2. The number of hydrogen-bond donors (Lipinski definition) is 1. The minimum atomic E-state index is -0.434. The highest BCUT2D eigenvalue weighted by Crippen LogP contribution is 2.38. The number of ether oxygens (including phenoxy) is 2. The molecule has 5 heterocycles. The predicted molar refractivity (Wildman–Crippen MR) is 144 cm³/mol. The lowest BCUT2D eigenvalue weighted by atomic mass is 10.3. The topological polar surface area (TPSA) is 110 Å². The van der Waals surface area contributed by atoms with E-state index >= 15 is 4.39 Å². The quantitative estimate of drug-likeness (QED) is 0.340. The number of benzene rings is 1. The molecular weight excluding hydrogens is 543 g/mol. The molecule has 3 fully saturated rings. The molecule has 11 nitrogen and oxygen atoms in total. The van der Waals surface area contributed by atoms with Crippen molar-refractivity contribution in [1.82, 2.24) is 34.6 Å². The van der Waals surface area contributed by atoms with E-state index < -0.39 is 5.82 Å². The van der Waals surface area contributed by atoms with Crippen molar-refractivity contribution >= 4 is 50.0 Å². The summed E-state index contributed by atoms with van der Waals surface area (Å²) in [6.07, 6.45) is 3.35. The predicted octanol–water partition coefficient (Wildman–Crippen LogP) is 2.91. The van der Waals surface area contributed by atoms with Gasteiger partial charge in [0.25, 0.3) is 0 Å². The summed E-state index contributed by atoms with van der Waals surface area (Å²) >= 11 is 2.41. The van der Waals surface area contributed by atoms with Crippen LogP contribution in [0.3, 0.4) is 0 Å². The molecule has 1 unspecified atom stereocenters. The minimum absolute atomic E-state index is 0.0512. The van der Waals surface area contributed by atoms with Crippen LogP contribution in [0.4, 0.5) is 9.52 Å². The van der Waals surface area contributed by atoms with E-state index in [1.807, 2.05) is 0 Å². The van der Waals surface area contributed by atoms with Gasteiger partial charge < -0.3 is 14.8 Å². The van der Waals surface area contributed by atoms with Crippen LogP contribution in [0.2, 0.25) is 0 Å². The Bertz CT molecular complexity index is 1510. The molecule has 2 aliphatic heterocycles. The number of piperazine rings is 1. The number of amides is 1. The van der Waals surface area contributed by atoms with Crippen LogP contribution in [0.15, 0.2) is 34.3 Å². The normalized spacial score (nSPS) is 20.7. The monoisotopic (exact) mass is 570 g/mol. The molecule has 1 N–H and O–H groups in total. The molecule has 1 amide bonds. The van der Waals surface area contributed by atoms with Crippen molar-refractivity contribution in [3.05, 3.63) is 30.1 Å². The molecule has 3 aliphatic rings. The average molecular weight is 571 g/mol. The zero-order chi connectivity index (χ0) is 26.3. The molecule has 39 heavy (non-hydrogen) atoms. The van der Waals surface area contributed by atoms with Crippen LogP contribution in [0.25, 0.3) is 15.9 Å². The van der Waals surface area contributed by atoms with Crippen molar-refractivity contribution in [2.45, 2.75) is 41.5 Å². The zero-order valence-corrected chi connectivity index (χ0v) is 22.7. The Hall–Kier alpha value is -2.91. The average Bonchev–Trinajstić information content (AvgIpc) is 3.30. The molecule has 1 saturated carbocycles. The van der Waals surface area contributed by atoms with Gasteiger partial charge in [0, 0.05) is 44.7 Å². The number of hydrogen-bond acceptors (Lipinski definition) is 11. The lowest BCUT2D eigenvalue weighted by Gasteiger charge is -2.34. The molecule has 14 heteroatoms. The molecule has 1 aliphatic carbocycles.